The van der Waals surface area contributed by atoms with Gasteiger partial charge in [-0.15, -0.1) is 0 Å². The molecule has 0 unspecified atom stereocenters. The molecule has 0 bridgehead atoms. The molecule has 1 aliphatic heterocycles. The second-order valence-electron chi connectivity index (χ2n) is 17.9. The van der Waals surface area contributed by atoms with Crippen LogP contribution in [0.1, 0.15) is 0 Å². The zero-order chi connectivity index (χ0) is 44.5. The molecular weight excluding hydrogens is 845 g/mol. The van der Waals surface area contributed by atoms with E-state index in [0.29, 0.717) is 0 Å². The van der Waals surface area contributed by atoms with Crippen LogP contribution >= 0.6 is 11.8 Å². The fourth-order valence-corrected chi connectivity index (χ4v) is 12.5. The van der Waals surface area contributed by atoms with Gasteiger partial charge in [0, 0.05) is 76.8 Å². The second-order valence-corrected chi connectivity index (χ2v) is 19.0. The second kappa shape index (κ2) is 14.4. The number of pyridine rings is 1. The number of rotatable bonds is 5. The van der Waals surface area contributed by atoms with Crippen LogP contribution in [0.3, 0.4) is 0 Å². The largest absolute Gasteiger partial charge is 0.309 e. The standard InChI is InChI=1S/C63H38N4S/c1-3-16-44(17-4-1)65-55-31-28-40(36-58(55)68-59-37-41(29-32-56(59)65)43-15-13-33-64-38-43)39-27-30-54-51(34-39)46-20-7-9-25-52(46)67(54)57-35-42-14-11-23-49-60(42)61-48(57)22-12-24-50(61)63-62(49)47-21-8-10-26-53(47)66(63)45-18-5-2-6-19-45/h1-38H. The summed E-state index contributed by atoms with van der Waals surface area (Å²) in [5.41, 5.74) is 15.3. The van der Waals surface area contributed by atoms with Gasteiger partial charge in [-0.3, -0.25) is 4.98 Å². The fraction of sp³-hybridized carbons (Fsp3) is 0. The Kier molecular flexibility index (Phi) is 7.97. The minimum absolute atomic E-state index is 1.11. The van der Waals surface area contributed by atoms with Crippen molar-refractivity contribution in [3.05, 3.63) is 231 Å². The molecule has 0 fully saturated rings. The van der Waals surface area contributed by atoms with Crippen molar-refractivity contribution in [3.8, 4) is 33.6 Å². The lowest BCUT2D eigenvalue weighted by Gasteiger charge is -2.33. The monoisotopic (exact) mass is 882 g/mol. The Morgan fingerprint density at radius 3 is 1.71 bits per heavy atom. The predicted octanol–water partition coefficient (Wildman–Crippen LogP) is 17.4. The van der Waals surface area contributed by atoms with Crippen LogP contribution in [-0.2, 0) is 0 Å². The van der Waals surface area contributed by atoms with Gasteiger partial charge in [-0.25, -0.2) is 0 Å². The molecular formula is C63H38N4S. The number of fused-ring (bicyclic) bond motifs is 10. The molecule has 0 amide bonds. The Morgan fingerprint density at radius 2 is 0.941 bits per heavy atom. The van der Waals surface area contributed by atoms with E-state index in [1.54, 1.807) is 0 Å². The van der Waals surface area contributed by atoms with Gasteiger partial charge in [0.1, 0.15) is 0 Å². The van der Waals surface area contributed by atoms with Crippen LogP contribution in [0.5, 0.6) is 0 Å². The number of anilines is 3. The first-order valence-corrected chi connectivity index (χ1v) is 24.0. The van der Waals surface area contributed by atoms with Crippen LogP contribution in [-0.4, -0.2) is 14.1 Å². The maximum absolute atomic E-state index is 4.42. The molecule has 0 aliphatic carbocycles. The van der Waals surface area contributed by atoms with E-state index in [1.807, 2.05) is 30.2 Å². The van der Waals surface area contributed by atoms with E-state index in [-0.39, 0.29) is 0 Å². The topological polar surface area (TPSA) is 26.0 Å². The molecule has 15 rings (SSSR count). The van der Waals surface area contributed by atoms with Crippen LogP contribution in [0.4, 0.5) is 17.1 Å². The van der Waals surface area contributed by atoms with Gasteiger partial charge >= 0.3 is 0 Å². The van der Waals surface area contributed by atoms with Crippen LogP contribution < -0.4 is 4.90 Å². The van der Waals surface area contributed by atoms with Crippen LogP contribution in [0, 0.1) is 0 Å². The minimum atomic E-state index is 1.11. The van der Waals surface area contributed by atoms with Crippen molar-refractivity contribution >= 4 is 105 Å². The van der Waals surface area contributed by atoms with Gasteiger partial charge in [-0.2, -0.15) is 0 Å². The van der Waals surface area contributed by atoms with E-state index >= 15 is 0 Å². The quantitative estimate of drug-likeness (QED) is 0.161. The Balaban J connectivity index is 0.927. The maximum Gasteiger partial charge on any atom is 0.0626 e. The van der Waals surface area contributed by atoms with Gasteiger partial charge in [-0.05, 0) is 118 Å². The summed E-state index contributed by atoms with van der Waals surface area (Å²) in [6.07, 6.45) is 3.77. The Labute approximate surface area is 395 Å². The zero-order valence-corrected chi connectivity index (χ0v) is 37.5. The third-order valence-corrected chi connectivity index (χ3v) is 15.4. The predicted molar refractivity (Wildman–Crippen MR) is 286 cm³/mol. The van der Waals surface area contributed by atoms with Crippen LogP contribution in [0.2, 0.25) is 0 Å². The van der Waals surface area contributed by atoms with Gasteiger partial charge in [0.2, 0.25) is 0 Å². The molecule has 4 heterocycles. The lowest BCUT2D eigenvalue weighted by Crippen LogP contribution is -2.14. The van der Waals surface area contributed by atoms with Crippen molar-refractivity contribution in [1.29, 1.82) is 0 Å². The Bertz CT molecular complexity index is 4340. The molecule has 316 valence electrons. The van der Waals surface area contributed by atoms with E-state index in [9.17, 15) is 0 Å². The van der Waals surface area contributed by atoms with Crippen molar-refractivity contribution in [1.82, 2.24) is 14.1 Å². The summed E-state index contributed by atoms with van der Waals surface area (Å²) in [5.74, 6) is 0. The van der Waals surface area contributed by atoms with E-state index < -0.39 is 0 Å². The number of hydrogen-bond acceptors (Lipinski definition) is 3. The molecule has 5 heteroatoms. The number of hydrogen-bond donors (Lipinski definition) is 0. The molecule has 11 aromatic carbocycles. The van der Waals surface area contributed by atoms with Crippen molar-refractivity contribution in [2.24, 2.45) is 0 Å². The molecule has 1 aliphatic rings. The maximum atomic E-state index is 4.42. The first-order chi connectivity index (χ1) is 33.7. The van der Waals surface area contributed by atoms with E-state index in [4.69, 9.17) is 0 Å². The zero-order valence-electron chi connectivity index (χ0n) is 36.6. The Hall–Kier alpha value is -8.64. The molecule has 14 aromatic rings. The molecule has 0 atom stereocenters. The lowest BCUT2D eigenvalue weighted by molar-refractivity contribution is 1.17. The summed E-state index contributed by atoms with van der Waals surface area (Å²) in [6.45, 7) is 0. The normalized spacial score (nSPS) is 12.6. The van der Waals surface area contributed by atoms with Gasteiger partial charge in [-0.1, -0.05) is 145 Å². The van der Waals surface area contributed by atoms with Crippen molar-refractivity contribution < 1.29 is 0 Å². The fourth-order valence-electron chi connectivity index (χ4n) is 11.4. The highest BCUT2D eigenvalue weighted by atomic mass is 32.2. The molecule has 4 nitrogen and oxygen atoms in total. The van der Waals surface area contributed by atoms with Gasteiger partial charge in [0.25, 0.3) is 0 Å². The van der Waals surface area contributed by atoms with Crippen LogP contribution in [0.25, 0.3) is 110 Å². The lowest BCUT2D eigenvalue weighted by atomic mass is 9.90. The molecule has 0 N–H and O–H groups in total. The van der Waals surface area contributed by atoms with E-state index in [0.717, 1.165) is 22.5 Å². The minimum Gasteiger partial charge on any atom is -0.309 e. The molecule has 0 spiro atoms. The highest BCUT2D eigenvalue weighted by Gasteiger charge is 2.27. The molecule has 0 saturated carbocycles. The SMILES string of the molecule is c1ccc(N2c3ccc(-c4cccnc4)cc3Sc3cc(-c4ccc5c(c4)c4ccccc4n5-c4cc5cccc6c5c5c4cccc5c4c6c5ccccc5n4-c4ccccc4)ccc32)cc1. The number of benzene rings is 11. The molecule has 68 heavy (non-hydrogen) atoms. The van der Waals surface area contributed by atoms with Gasteiger partial charge < -0.3 is 14.0 Å². The van der Waals surface area contributed by atoms with Crippen molar-refractivity contribution in [3.63, 3.8) is 0 Å². The highest BCUT2D eigenvalue weighted by molar-refractivity contribution is 7.99. The highest BCUT2D eigenvalue weighted by Crippen LogP contribution is 2.54. The summed E-state index contributed by atoms with van der Waals surface area (Å²) in [4.78, 5) is 9.26. The molecule has 0 saturated heterocycles. The number of nitrogens with zero attached hydrogens (tertiary/aromatic N) is 4. The summed E-state index contributed by atoms with van der Waals surface area (Å²) >= 11 is 1.84. The van der Waals surface area contributed by atoms with Crippen molar-refractivity contribution in [2.45, 2.75) is 9.79 Å². The third kappa shape index (κ3) is 5.36. The molecule has 0 radical (unpaired) electrons. The Morgan fingerprint density at radius 1 is 0.338 bits per heavy atom. The number of aromatic nitrogens is 3. The van der Waals surface area contributed by atoms with Gasteiger partial charge in [0.15, 0.2) is 0 Å². The summed E-state index contributed by atoms with van der Waals surface area (Å²) < 4.78 is 4.99. The summed E-state index contributed by atoms with van der Waals surface area (Å²) in [7, 11) is 0. The van der Waals surface area contributed by atoms with Crippen molar-refractivity contribution in [2.75, 3.05) is 4.90 Å². The average Bonchev–Trinajstić information content (AvgIpc) is 3.93. The number of para-hydroxylation sites is 4. The first kappa shape index (κ1) is 37.6. The smallest absolute Gasteiger partial charge is 0.0626 e. The van der Waals surface area contributed by atoms with E-state index in [2.05, 4.69) is 231 Å². The first-order valence-electron chi connectivity index (χ1n) is 23.2. The summed E-state index contributed by atoms with van der Waals surface area (Å²) in [6, 6.07) is 80.6. The average molecular weight is 883 g/mol. The molecule has 3 aromatic heterocycles. The van der Waals surface area contributed by atoms with E-state index in [1.165, 1.54) is 114 Å². The van der Waals surface area contributed by atoms with Gasteiger partial charge in [0.05, 0.1) is 39.1 Å². The van der Waals surface area contributed by atoms with Crippen LogP contribution in [0.15, 0.2) is 241 Å². The summed E-state index contributed by atoms with van der Waals surface area (Å²) in [5, 5.41) is 12.7. The third-order valence-electron chi connectivity index (χ3n) is 14.3.